The van der Waals surface area contributed by atoms with Crippen LogP contribution in [0.15, 0.2) is 53.7 Å². The fourth-order valence-electron chi connectivity index (χ4n) is 5.48. The fraction of sp³-hybridized carbons (Fsp3) is 0.472. The monoisotopic (exact) mass is 661 g/mol. The van der Waals surface area contributed by atoms with E-state index in [9.17, 15) is 14.7 Å². The quantitative estimate of drug-likeness (QED) is 0.118. The number of fused-ring (bicyclic) bond motifs is 1. The molecule has 0 saturated heterocycles. The molecule has 0 aliphatic carbocycles. The highest BCUT2D eigenvalue weighted by molar-refractivity contribution is 5.95. The molecular formula is C36H47N5O7. The topological polar surface area (TPSA) is 151 Å². The second-order valence-corrected chi connectivity index (χ2v) is 13.4. The van der Waals surface area contributed by atoms with E-state index in [1.165, 1.54) is 6.08 Å². The Labute approximate surface area is 281 Å². The van der Waals surface area contributed by atoms with Crippen LogP contribution in [0.25, 0.3) is 33.5 Å². The van der Waals surface area contributed by atoms with Gasteiger partial charge in [-0.15, -0.1) is 0 Å². The van der Waals surface area contributed by atoms with Crippen LogP contribution in [-0.4, -0.2) is 68.8 Å². The van der Waals surface area contributed by atoms with Gasteiger partial charge in [-0.05, 0) is 82.3 Å². The van der Waals surface area contributed by atoms with Gasteiger partial charge in [0.15, 0.2) is 0 Å². The predicted octanol–water partition coefficient (Wildman–Crippen LogP) is 6.21. The molecule has 48 heavy (non-hydrogen) atoms. The predicted molar refractivity (Wildman–Crippen MR) is 182 cm³/mol. The molecule has 3 heterocycles. The summed E-state index contributed by atoms with van der Waals surface area (Å²) in [5.74, 6) is -0.217. The van der Waals surface area contributed by atoms with E-state index in [1.807, 2.05) is 45.0 Å². The van der Waals surface area contributed by atoms with Gasteiger partial charge in [0.25, 0.3) is 0 Å². The van der Waals surface area contributed by atoms with Crippen molar-refractivity contribution in [3.63, 3.8) is 0 Å². The van der Waals surface area contributed by atoms with Crippen LogP contribution < -0.4 is 5.32 Å². The Bertz CT molecular complexity index is 1750. The van der Waals surface area contributed by atoms with Crippen LogP contribution in [0.1, 0.15) is 71.7 Å². The van der Waals surface area contributed by atoms with E-state index >= 15 is 0 Å². The van der Waals surface area contributed by atoms with E-state index in [2.05, 4.69) is 39.6 Å². The van der Waals surface area contributed by atoms with Gasteiger partial charge in [-0.1, -0.05) is 31.7 Å². The van der Waals surface area contributed by atoms with Gasteiger partial charge >= 0.3 is 12.1 Å². The lowest BCUT2D eigenvalue weighted by Gasteiger charge is -2.23. The highest BCUT2D eigenvalue weighted by atomic mass is 16.6. The lowest BCUT2D eigenvalue weighted by molar-refractivity contribution is -0.157. The van der Waals surface area contributed by atoms with Crippen molar-refractivity contribution in [2.75, 3.05) is 20.3 Å². The molecule has 0 unspecified atom stereocenters. The molecule has 258 valence electrons. The van der Waals surface area contributed by atoms with Gasteiger partial charge in [0, 0.05) is 48.5 Å². The Hall–Kier alpha value is -4.55. The molecule has 3 aromatic heterocycles. The summed E-state index contributed by atoms with van der Waals surface area (Å²) in [5.41, 5.74) is 4.37. The van der Waals surface area contributed by atoms with Crippen LogP contribution >= 0.6 is 0 Å². The zero-order valence-electron chi connectivity index (χ0n) is 29.1. The first-order valence-corrected chi connectivity index (χ1v) is 16.1. The molecule has 0 radical (unpaired) electrons. The van der Waals surface area contributed by atoms with Crippen molar-refractivity contribution < 1.29 is 33.4 Å². The molecule has 4 rings (SSSR count). The van der Waals surface area contributed by atoms with E-state index in [0.717, 1.165) is 33.4 Å². The number of benzene rings is 1. The molecule has 0 spiro atoms. The molecular weight excluding hydrogens is 614 g/mol. The molecule has 0 aliphatic heterocycles. The van der Waals surface area contributed by atoms with Crippen LogP contribution in [0.5, 0.6) is 0 Å². The molecule has 1 aromatic carbocycles. The highest BCUT2D eigenvalue weighted by Crippen LogP contribution is 2.41. The van der Waals surface area contributed by atoms with Gasteiger partial charge in [0.2, 0.25) is 11.7 Å². The number of carbonyl (C=O) groups is 2. The molecule has 1 amide bonds. The zero-order valence-corrected chi connectivity index (χ0v) is 29.1. The van der Waals surface area contributed by atoms with Gasteiger partial charge in [0.1, 0.15) is 18.2 Å². The summed E-state index contributed by atoms with van der Waals surface area (Å²) in [7, 11) is 1.67. The highest BCUT2D eigenvalue weighted by Gasteiger charge is 2.31. The van der Waals surface area contributed by atoms with Crippen LogP contribution in [0.2, 0.25) is 0 Å². The average molecular weight is 662 g/mol. The second kappa shape index (κ2) is 15.1. The van der Waals surface area contributed by atoms with E-state index < -0.39 is 29.1 Å². The summed E-state index contributed by atoms with van der Waals surface area (Å²) in [5, 5.41) is 18.0. The Morgan fingerprint density at radius 1 is 1.19 bits per heavy atom. The number of nitrogens with zero attached hydrogens (tertiary/aromatic N) is 4. The number of amides is 1. The minimum atomic E-state index is -1.13. The van der Waals surface area contributed by atoms with E-state index in [0.29, 0.717) is 24.4 Å². The molecule has 0 saturated carbocycles. The minimum absolute atomic E-state index is 0.00147. The van der Waals surface area contributed by atoms with Crippen LogP contribution in [-0.2, 0) is 38.4 Å². The minimum Gasteiger partial charge on any atom is -0.458 e. The maximum atomic E-state index is 13.0. The first-order valence-electron chi connectivity index (χ1n) is 16.1. The second-order valence-electron chi connectivity index (χ2n) is 13.4. The standard InChI is InChI=1S/C36H47N5O7/c1-10-17-46-34(44)38-27(33(43)47-35(4,5)6)19-29-39-32(40-48-29)23-14-15-28-25(18-23)26(20-36(7,8)21-42)31(41(28)11-2)24-13-12-16-37-30(24)22(3)45-9/h10,12-16,18,22,27,42H,1,11,17,19-21H2,2-9H3,(H,38,44)/t22-,27-/m0/s1. The Morgan fingerprint density at radius 2 is 1.94 bits per heavy atom. The first-order chi connectivity index (χ1) is 22.7. The Balaban J connectivity index is 1.79. The third-order valence-electron chi connectivity index (χ3n) is 7.82. The number of ether oxygens (including phenoxy) is 3. The summed E-state index contributed by atoms with van der Waals surface area (Å²) in [6.45, 7) is 17.6. The van der Waals surface area contributed by atoms with Gasteiger partial charge in [-0.3, -0.25) is 4.98 Å². The Kier molecular flexibility index (Phi) is 11.4. The average Bonchev–Trinajstić information content (AvgIpc) is 3.64. The molecule has 2 atom stereocenters. The van der Waals surface area contributed by atoms with Crippen molar-refractivity contribution in [1.29, 1.82) is 0 Å². The number of methoxy groups -OCH3 is 1. The number of aliphatic hydroxyl groups is 1. The smallest absolute Gasteiger partial charge is 0.408 e. The van der Waals surface area contributed by atoms with E-state index in [-0.39, 0.29) is 31.6 Å². The first kappa shape index (κ1) is 36.3. The number of nitrogens with one attached hydrogen (secondary N) is 1. The third-order valence-corrected chi connectivity index (χ3v) is 7.82. The molecule has 4 aromatic rings. The van der Waals surface area contributed by atoms with Crippen LogP contribution in [0, 0.1) is 5.41 Å². The SMILES string of the molecule is C=CCOC(=O)N[C@@H](Cc1nc(-c2ccc3c(c2)c(CC(C)(C)CO)c(-c2cccnc2[C@H](C)OC)n3CC)no1)C(=O)OC(C)(C)C. The summed E-state index contributed by atoms with van der Waals surface area (Å²) in [6, 6.07) is 8.82. The van der Waals surface area contributed by atoms with Crippen molar-refractivity contribution >= 4 is 23.0 Å². The summed E-state index contributed by atoms with van der Waals surface area (Å²) in [4.78, 5) is 34.6. The molecule has 2 N–H and O–H groups in total. The molecule has 12 nitrogen and oxygen atoms in total. The van der Waals surface area contributed by atoms with Gasteiger partial charge < -0.3 is 33.7 Å². The number of esters is 1. The normalized spacial score (nSPS) is 13.3. The fourth-order valence-corrected chi connectivity index (χ4v) is 5.48. The van der Waals surface area contributed by atoms with Crippen LogP contribution in [0.3, 0.4) is 0 Å². The van der Waals surface area contributed by atoms with Crippen molar-refractivity contribution in [2.24, 2.45) is 5.41 Å². The lowest BCUT2D eigenvalue weighted by Crippen LogP contribution is -2.45. The number of hydrogen-bond acceptors (Lipinski definition) is 10. The number of aryl methyl sites for hydroxylation is 1. The van der Waals surface area contributed by atoms with Crippen molar-refractivity contribution in [1.82, 2.24) is 25.0 Å². The Morgan fingerprint density at radius 3 is 2.58 bits per heavy atom. The zero-order chi connectivity index (χ0) is 35.2. The van der Waals surface area contributed by atoms with E-state index in [4.69, 9.17) is 23.7 Å². The van der Waals surface area contributed by atoms with Crippen molar-refractivity contribution in [3.05, 3.63) is 66.3 Å². The molecule has 0 aliphatic rings. The number of hydrogen-bond donors (Lipinski definition) is 2. The van der Waals surface area contributed by atoms with Gasteiger partial charge in [-0.2, -0.15) is 4.98 Å². The number of pyridine rings is 1. The number of alkyl carbamates (subject to hydrolysis) is 1. The summed E-state index contributed by atoms with van der Waals surface area (Å²) in [6.07, 6.45) is 2.63. The number of aromatic nitrogens is 4. The number of carbonyl (C=O) groups excluding carboxylic acids is 2. The maximum Gasteiger partial charge on any atom is 0.408 e. The van der Waals surface area contributed by atoms with Crippen LogP contribution in [0.4, 0.5) is 4.79 Å². The third kappa shape index (κ3) is 8.48. The number of rotatable bonds is 14. The van der Waals surface area contributed by atoms with E-state index in [1.54, 1.807) is 34.1 Å². The largest absolute Gasteiger partial charge is 0.458 e. The number of aliphatic hydroxyl groups excluding tert-OH is 1. The maximum absolute atomic E-state index is 13.0. The summed E-state index contributed by atoms with van der Waals surface area (Å²) >= 11 is 0. The van der Waals surface area contributed by atoms with Crippen molar-refractivity contribution in [3.8, 4) is 22.6 Å². The lowest BCUT2D eigenvalue weighted by atomic mass is 9.84. The molecule has 0 fully saturated rings. The molecule has 12 heteroatoms. The molecule has 0 bridgehead atoms. The summed E-state index contributed by atoms with van der Waals surface area (Å²) < 4.78 is 24.1. The van der Waals surface area contributed by atoms with Crippen molar-refractivity contribution in [2.45, 2.75) is 85.6 Å². The van der Waals surface area contributed by atoms with Gasteiger partial charge in [0.05, 0.1) is 23.9 Å². The van der Waals surface area contributed by atoms with Gasteiger partial charge in [-0.25, -0.2) is 9.59 Å².